The quantitative estimate of drug-likeness (QED) is 0.722. The van der Waals surface area contributed by atoms with Crippen molar-refractivity contribution in [3.63, 3.8) is 0 Å². The molecule has 0 aromatic carbocycles. The maximum atomic E-state index is 10.8. The van der Waals surface area contributed by atoms with Crippen molar-refractivity contribution in [3.05, 3.63) is 18.0 Å². The molecule has 2 N–H and O–H groups in total. The molecule has 1 atom stereocenters. The lowest BCUT2D eigenvalue weighted by Gasteiger charge is -2.11. The highest BCUT2D eigenvalue weighted by Crippen LogP contribution is 2.32. The Kier molecular flexibility index (Phi) is 2.49. The zero-order valence-corrected chi connectivity index (χ0v) is 7.64. The van der Waals surface area contributed by atoms with Gasteiger partial charge in [0.05, 0.1) is 5.69 Å². The average molecular weight is 196 g/mol. The van der Waals surface area contributed by atoms with Crippen molar-refractivity contribution in [2.45, 2.75) is 25.4 Å². The minimum atomic E-state index is -0.781. The molecule has 1 unspecified atom stereocenters. The summed E-state index contributed by atoms with van der Waals surface area (Å²) in [6.45, 7) is 0.448. The van der Waals surface area contributed by atoms with Crippen LogP contribution in [0.15, 0.2) is 16.9 Å². The normalized spacial score (nSPS) is 18.0. The molecule has 0 aliphatic heterocycles. The maximum absolute atomic E-state index is 10.8. The largest absolute Gasteiger partial charge is 0.480 e. The molecule has 1 aromatic heterocycles. The molecular formula is C9H12N2O3. The highest BCUT2D eigenvalue weighted by Gasteiger charge is 2.35. The molecule has 1 aliphatic rings. The second-order valence-electron chi connectivity index (χ2n) is 3.53. The van der Waals surface area contributed by atoms with Crippen LogP contribution in [0.1, 0.15) is 18.5 Å². The summed E-state index contributed by atoms with van der Waals surface area (Å²) in [5.41, 5.74) is 0.733. The van der Waals surface area contributed by atoms with Crippen molar-refractivity contribution in [1.82, 2.24) is 10.5 Å². The molecular weight excluding hydrogens is 184 g/mol. The van der Waals surface area contributed by atoms with Gasteiger partial charge in [-0.1, -0.05) is 5.16 Å². The van der Waals surface area contributed by atoms with Gasteiger partial charge in [0.15, 0.2) is 0 Å². The van der Waals surface area contributed by atoms with Crippen LogP contribution in [0.5, 0.6) is 0 Å². The third-order valence-corrected chi connectivity index (χ3v) is 2.35. The third-order valence-electron chi connectivity index (χ3n) is 2.35. The highest BCUT2D eigenvalue weighted by molar-refractivity contribution is 5.74. The molecule has 1 heterocycles. The summed E-state index contributed by atoms with van der Waals surface area (Å²) in [6, 6.07) is 1.28. The van der Waals surface area contributed by atoms with Gasteiger partial charge in [-0.05, 0) is 18.8 Å². The molecule has 1 aromatic rings. The van der Waals surface area contributed by atoms with Gasteiger partial charge in [-0.2, -0.15) is 0 Å². The molecule has 0 bridgehead atoms. The zero-order valence-electron chi connectivity index (χ0n) is 7.64. The lowest BCUT2D eigenvalue weighted by molar-refractivity contribution is -0.140. The molecule has 2 rings (SSSR count). The van der Waals surface area contributed by atoms with Crippen molar-refractivity contribution >= 4 is 5.97 Å². The molecule has 5 nitrogen and oxygen atoms in total. The summed E-state index contributed by atoms with van der Waals surface area (Å²) in [5, 5.41) is 15.6. The van der Waals surface area contributed by atoms with Crippen LogP contribution >= 0.6 is 0 Å². The molecule has 0 radical (unpaired) electrons. The van der Waals surface area contributed by atoms with Crippen LogP contribution in [-0.2, 0) is 11.3 Å². The minimum absolute atomic E-state index is 0.291. The van der Waals surface area contributed by atoms with E-state index in [0.29, 0.717) is 12.5 Å². The van der Waals surface area contributed by atoms with E-state index in [4.69, 9.17) is 5.11 Å². The summed E-state index contributed by atoms with van der Waals surface area (Å²) in [5.74, 6) is -0.490. The number of rotatable bonds is 5. The number of hydrogen-bond donors (Lipinski definition) is 2. The number of carboxylic acids is 1. The van der Waals surface area contributed by atoms with E-state index in [1.165, 1.54) is 6.26 Å². The van der Waals surface area contributed by atoms with Crippen molar-refractivity contribution in [2.24, 2.45) is 5.92 Å². The third kappa shape index (κ3) is 2.11. The lowest BCUT2D eigenvalue weighted by Crippen LogP contribution is -2.38. The van der Waals surface area contributed by atoms with Gasteiger partial charge >= 0.3 is 5.97 Å². The Labute approximate surface area is 81.1 Å². The number of carboxylic acid groups (broad SMARTS) is 1. The lowest BCUT2D eigenvalue weighted by atomic mass is 10.2. The predicted molar refractivity (Wildman–Crippen MR) is 47.5 cm³/mol. The van der Waals surface area contributed by atoms with Crippen LogP contribution in [-0.4, -0.2) is 22.3 Å². The van der Waals surface area contributed by atoms with Gasteiger partial charge in [-0.15, -0.1) is 0 Å². The van der Waals surface area contributed by atoms with Gasteiger partial charge in [0.1, 0.15) is 12.3 Å². The molecule has 0 spiro atoms. The standard InChI is InChI=1S/C9H12N2O3/c12-9(13)8(6-1-2-6)10-5-7-3-4-14-11-7/h3-4,6,8,10H,1-2,5H2,(H,12,13). The first kappa shape index (κ1) is 9.21. The Morgan fingerprint density at radius 2 is 2.57 bits per heavy atom. The Balaban J connectivity index is 1.85. The molecule has 76 valence electrons. The van der Waals surface area contributed by atoms with E-state index in [-0.39, 0.29) is 0 Å². The molecule has 14 heavy (non-hydrogen) atoms. The van der Waals surface area contributed by atoms with Gasteiger partial charge in [0.2, 0.25) is 0 Å². The molecule has 1 fully saturated rings. The Bertz CT molecular complexity index is 306. The first-order valence-corrected chi connectivity index (χ1v) is 4.63. The van der Waals surface area contributed by atoms with Gasteiger partial charge in [-0.3, -0.25) is 10.1 Å². The van der Waals surface area contributed by atoms with Crippen molar-refractivity contribution in [1.29, 1.82) is 0 Å². The predicted octanol–water partition coefficient (Wildman–Crippen LogP) is 0.627. The van der Waals surface area contributed by atoms with E-state index in [1.54, 1.807) is 6.07 Å². The van der Waals surface area contributed by atoms with Crippen LogP contribution in [0.25, 0.3) is 0 Å². The summed E-state index contributed by atoms with van der Waals surface area (Å²) in [7, 11) is 0. The zero-order chi connectivity index (χ0) is 9.97. The van der Waals surface area contributed by atoms with Crippen LogP contribution in [0.3, 0.4) is 0 Å². The van der Waals surface area contributed by atoms with Gasteiger partial charge in [0.25, 0.3) is 0 Å². The summed E-state index contributed by atoms with van der Waals surface area (Å²) < 4.78 is 4.65. The minimum Gasteiger partial charge on any atom is -0.480 e. The SMILES string of the molecule is O=C(O)C(NCc1ccon1)C1CC1. The summed E-state index contributed by atoms with van der Waals surface area (Å²) >= 11 is 0. The second kappa shape index (κ2) is 3.79. The van der Waals surface area contributed by atoms with Crippen LogP contribution in [0, 0.1) is 5.92 Å². The van der Waals surface area contributed by atoms with Crippen LogP contribution in [0.4, 0.5) is 0 Å². The molecule has 0 saturated heterocycles. The average Bonchev–Trinajstić information content (AvgIpc) is 2.82. The molecule has 1 aliphatic carbocycles. The Morgan fingerprint density at radius 3 is 3.07 bits per heavy atom. The number of nitrogens with one attached hydrogen (secondary N) is 1. The van der Waals surface area contributed by atoms with E-state index in [2.05, 4.69) is 15.0 Å². The van der Waals surface area contributed by atoms with E-state index in [1.807, 2.05) is 0 Å². The van der Waals surface area contributed by atoms with Crippen LogP contribution in [0.2, 0.25) is 0 Å². The Morgan fingerprint density at radius 1 is 1.79 bits per heavy atom. The monoisotopic (exact) mass is 196 g/mol. The summed E-state index contributed by atoms with van der Waals surface area (Å²) in [4.78, 5) is 10.8. The fraction of sp³-hybridized carbons (Fsp3) is 0.556. The summed E-state index contributed by atoms with van der Waals surface area (Å²) in [6.07, 6.45) is 3.48. The van der Waals surface area contributed by atoms with E-state index < -0.39 is 12.0 Å². The topological polar surface area (TPSA) is 75.4 Å². The van der Waals surface area contributed by atoms with E-state index in [0.717, 1.165) is 18.5 Å². The fourth-order valence-electron chi connectivity index (χ4n) is 1.43. The maximum Gasteiger partial charge on any atom is 0.320 e. The second-order valence-corrected chi connectivity index (χ2v) is 3.53. The number of carbonyl (C=O) groups is 1. The first-order valence-electron chi connectivity index (χ1n) is 4.63. The van der Waals surface area contributed by atoms with E-state index >= 15 is 0 Å². The number of hydrogen-bond acceptors (Lipinski definition) is 4. The van der Waals surface area contributed by atoms with Crippen molar-refractivity contribution in [2.75, 3.05) is 0 Å². The highest BCUT2D eigenvalue weighted by atomic mass is 16.5. The molecule has 0 amide bonds. The Hall–Kier alpha value is -1.36. The van der Waals surface area contributed by atoms with Gasteiger partial charge < -0.3 is 9.63 Å². The first-order chi connectivity index (χ1) is 6.77. The van der Waals surface area contributed by atoms with Crippen LogP contribution < -0.4 is 5.32 Å². The van der Waals surface area contributed by atoms with Gasteiger partial charge in [0, 0.05) is 12.6 Å². The van der Waals surface area contributed by atoms with Crippen molar-refractivity contribution < 1.29 is 14.4 Å². The molecule has 5 heteroatoms. The smallest absolute Gasteiger partial charge is 0.320 e. The number of nitrogens with zero attached hydrogens (tertiary/aromatic N) is 1. The fourth-order valence-corrected chi connectivity index (χ4v) is 1.43. The van der Waals surface area contributed by atoms with E-state index in [9.17, 15) is 4.79 Å². The molecule has 1 saturated carbocycles. The van der Waals surface area contributed by atoms with Gasteiger partial charge in [-0.25, -0.2) is 0 Å². The van der Waals surface area contributed by atoms with Crippen molar-refractivity contribution in [3.8, 4) is 0 Å². The number of aromatic nitrogens is 1. The number of aliphatic carboxylic acids is 1.